The third-order valence-electron chi connectivity index (χ3n) is 5.20. The Kier molecular flexibility index (Phi) is 15.4. The summed E-state index contributed by atoms with van der Waals surface area (Å²) in [7, 11) is 0. The van der Waals surface area contributed by atoms with Crippen molar-refractivity contribution in [2.75, 3.05) is 0 Å². The van der Waals surface area contributed by atoms with Crippen molar-refractivity contribution < 1.29 is 10.2 Å². The number of aliphatic hydroxyl groups is 2. The number of rotatable bonds is 17. The van der Waals surface area contributed by atoms with Crippen molar-refractivity contribution in [2.24, 2.45) is 0 Å². The molecule has 0 aliphatic carbocycles. The van der Waals surface area contributed by atoms with E-state index >= 15 is 0 Å². The summed E-state index contributed by atoms with van der Waals surface area (Å²) in [4.78, 5) is 0. The summed E-state index contributed by atoms with van der Waals surface area (Å²) in [6, 6.07) is 0. The highest BCUT2D eigenvalue weighted by atomic mass is 16.3. The highest BCUT2D eigenvalue weighted by molar-refractivity contribution is 4.83. The predicted octanol–water partition coefficient (Wildman–Crippen LogP) is 6.38. The summed E-state index contributed by atoms with van der Waals surface area (Å²) >= 11 is 0. The van der Waals surface area contributed by atoms with Crippen molar-refractivity contribution in [3.05, 3.63) is 0 Å². The fraction of sp³-hybridized carbons (Fsp3) is 1.00. The standard InChI is InChI=1S/C21H44O2/c1-4-6-8-10-12-13-15-17-19-21(23,20(3)22)18-16-14-11-9-7-5-2/h20,22-23H,4-19H2,1-3H3. The van der Waals surface area contributed by atoms with Crippen LogP contribution in [0.5, 0.6) is 0 Å². The Bertz CT molecular complexity index is 240. The molecule has 0 aromatic rings. The molecule has 2 unspecified atom stereocenters. The van der Waals surface area contributed by atoms with E-state index in [1.807, 2.05) is 0 Å². The van der Waals surface area contributed by atoms with Crippen molar-refractivity contribution in [1.82, 2.24) is 0 Å². The smallest absolute Gasteiger partial charge is 0.0902 e. The molecule has 0 saturated carbocycles. The van der Waals surface area contributed by atoms with Gasteiger partial charge in [-0.3, -0.25) is 0 Å². The maximum absolute atomic E-state index is 10.7. The molecule has 0 spiro atoms. The van der Waals surface area contributed by atoms with Gasteiger partial charge < -0.3 is 10.2 Å². The van der Waals surface area contributed by atoms with E-state index in [1.165, 1.54) is 77.0 Å². The lowest BCUT2D eigenvalue weighted by molar-refractivity contribution is -0.0798. The third kappa shape index (κ3) is 12.9. The molecule has 0 saturated heterocycles. The van der Waals surface area contributed by atoms with Gasteiger partial charge in [-0.2, -0.15) is 0 Å². The van der Waals surface area contributed by atoms with Gasteiger partial charge in [-0.15, -0.1) is 0 Å². The van der Waals surface area contributed by atoms with Crippen molar-refractivity contribution in [3.63, 3.8) is 0 Å². The van der Waals surface area contributed by atoms with E-state index in [4.69, 9.17) is 0 Å². The van der Waals surface area contributed by atoms with Crippen LogP contribution < -0.4 is 0 Å². The number of hydrogen-bond donors (Lipinski definition) is 2. The first-order valence-electron chi connectivity index (χ1n) is 10.5. The Hall–Kier alpha value is -0.0800. The minimum atomic E-state index is -0.854. The summed E-state index contributed by atoms with van der Waals surface area (Å²) in [6.45, 7) is 6.23. The monoisotopic (exact) mass is 328 g/mol. The molecule has 2 heteroatoms. The van der Waals surface area contributed by atoms with Gasteiger partial charge in [0.05, 0.1) is 11.7 Å². The van der Waals surface area contributed by atoms with Crippen LogP contribution in [0.4, 0.5) is 0 Å². The Morgan fingerprint density at radius 3 is 1.22 bits per heavy atom. The van der Waals surface area contributed by atoms with E-state index in [0.717, 1.165) is 25.7 Å². The van der Waals surface area contributed by atoms with Crippen LogP contribution in [0, 0.1) is 0 Å². The predicted molar refractivity (Wildman–Crippen MR) is 102 cm³/mol. The van der Waals surface area contributed by atoms with Crippen molar-refractivity contribution in [1.29, 1.82) is 0 Å². The van der Waals surface area contributed by atoms with Crippen LogP contribution >= 0.6 is 0 Å². The van der Waals surface area contributed by atoms with Crippen LogP contribution in [0.1, 0.15) is 124 Å². The quantitative estimate of drug-likeness (QED) is 0.304. The van der Waals surface area contributed by atoms with E-state index in [2.05, 4.69) is 13.8 Å². The molecule has 140 valence electrons. The van der Waals surface area contributed by atoms with Crippen LogP contribution in [0.3, 0.4) is 0 Å². The fourth-order valence-corrected chi connectivity index (χ4v) is 3.32. The number of unbranched alkanes of at least 4 members (excludes halogenated alkanes) is 12. The third-order valence-corrected chi connectivity index (χ3v) is 5.20. The van der Waals surface area contributed by atoms with Gasteiger partial charge in [-0.05, 0) is 19.8 Å². The Labute approximate surface area is 146 Å². The topological polar surface area (TPSA) is 40.5 Å². The molecule has 0 amide bonds. The summed E-state index contributed by atoms with van der Waals surface area (Å²) in [5.41, 5.74) is -0.854. The molecule has 2 N–H and O–H groups in total. The van der Waals surface area contributed by atoms with Gasteiger partial charge in [0.15, 0.2) is 0 Å². The Balaban J connectivity index is 3.73. The molecular formula is C21H44O2. The lowest BCUT2D eigenvalue weighted by atomic mass is 9.85. The molecule has 0 aromatic carbocycles. The Morgan fingerprint density at radius 2 is 0.913 bits per heavy atom. The van der Waals surface area contributed by atoms with E-state index in [-0.39, 0.29) is 0 Å². The second-order valence-corrected chi connectivity index (χ2v) is 7.52. The van der Waals surface area contributed by atoms with Crippen molar-refractivity contribution >= 4 is 0 Å². The highest BCUT2D eigenvalue weighted by Crippen LogP contribution is 2.26. The van der Waals surface area contributed by atoms with Crippen LogP contribution in [0.2, 0.25) is 0 Å². The number of aliphatic hydroxyl groups excluding tert-OH is 1. The SMILES string of the molecule is CCCCCCCCCCC(O)(CCCCCCCC)C(C)O. The summed E-state index contributed by atoms with van der Waals surface area (Å²) in [5, 5.41) is 20.7. The molecule has 2 nitrogen and oxygen atoms in total. The minimum Gasteiger partial charge on any atom is -0.390 e. The summed E-state index contributed by atoms with van der Waals surface area (Å²) in [5.74, 6) is 0. The zero-order chi connectivity index (χ0) is 17.4. The average molecular weight is 329 g/mol. The molecule has 0 aliphatic heterocycles. The second kappa shape index (κ2) is 15.4. The first kappa shape index (κ1) is 22.9. The second-order valence-electron chi connectivity index (χ2n) is 7.52. The molecule has 0 rings (SSSR count). The molecule has 0 fully saturated rings. The minimum absolute atomic E-state index is 0.609. The largest absolute Gasteiger partial charge is 0.390 e. The molecule has 23 heavy (non-hydrogen) atoms. The van der Waals surface area contributed by atoms with E-state index in [1.54, 1.807) is 6.92 Å². The lowest BCUT2D eigenvalue weighted by Gasteiger charge is -2.31. The average Bonchev–Trinajstić information content (AvgIpc) is 2.53. The highest BCUT2D eigenvalue weighted by Gasteiger charge is 2.31. The number of hydrogen-bond acceptors (Lipinski definition) is 2. The molecule has 0 bridgehead atoms. The molecule has 0 aromatic heterocycles. The lowest BCUT2D eigenvalue weighted by Crippen LogP contribution is -2.40. The molecule has 0 radical (unpaired) electrons. The van der Waals surface area contributed by atoms with Gasteiger partial charge in [0.1, 0.15) is 0 Å². The van der Waals surface area contributed by atoms with Crippen LogP contribution in [0.25, 0.3) is 0 Å². The van der Waals surface area contributed by atoms with Gasteiger partial charge in [0.2, 0.25) is 0 Å². The van der Waals surface area contributed by atoms with E-state index in [9.17, 15) is 10.2 Å². The van der Waals surface area contributed by atoms with Gasteiger partial charge in [0, 0.05) is 0 Å². The van der Waals surface area contributed by atoms with E-state index < -0.39 is 11.7 Å². The molecule has 0 heterocycles. The first-order chi connectivity index (χ1) is 11.1. The van der Waals surface area contributed by atoms with Crippen LogP contribution in [0.15, 0.2) is 0 Å². The first-order valence-corrected chi connectivity index (χ1v) is 10.5. The summed E-state index contributed by atoms with van der Waals surface area (Å²) < 4.78 is 0. The zero-order valence-corrected chi connectivity index (χ0v) is 16.3. The fourth-order valence-electron chi connectivity index (χ4n) is 3.32. The van der Waals surface area contributed by atoms with Gasteiger partial charge in [-0.25, -0.2) is 0 Å². The zero-order valence-electron chi connectivity index (χ0n) is 16.3. The molecular weight excluding hydrogens is 284 g/mol. The maximum Gasteiger partial charge on any atom is 0.0902 e. The van der Waals surface area contributed by atoms with Crippen LogP contribution in [-0.2, 0) is 0 Å². The molecule has 0 aliphatic rings. The Morgan fingerprint density at radius 1 is 0.609 bits per heavy atom. The van der Waals surface area contributed by atoms with Crippen molar-refractivity contribution in [3.8, 4) is 0 Å². The van der Waals surface area contributed by atoms with Gasteiger partial charge in [-0.1, -0.05) is 104 Å². The van der Waals surface area contributed by atoms with Gasteiger partial charge >= 0.3 is 0 Å². The summed E-state index contributed by atoms with van der Waals surface area (Å²) in [6.07, 6.45) is 18.5. The van der Waals surface area contributed by atoms with E-state index in [0.29, 0.717) is 0 Å². The maximum atomic E-state index is 10.7. The van der Waals surface area contributed by atoms with Crippen LogP contribution in [-0.4, -0.2) is 21.9 Å². The van der Waals surface area contributed by atoms with Gasteiger partial charge in [0.25, 0.3) is 0 Å². The van der Waals surface area contributed by atoms with Crippen molar-refractivity contribution in [2.45, 2.75) is 135 Å². The molecule has 2 atom stereocenters. The normalized spacial score (nSPS) is 15.5.